The molecule has 0 unspecified atom stereocenters. The van der Waals surface area contributed by atoms with Crippen molar-refractivity contribution in [3.63, 3.8) is 0 Å². The third-order valence-corrected chi connectivity index (χ3v) is 9.77. The zero-order valence-corrected chi connectivity index (χ0v) is 26.1. The van der Waals surface area contributed by atoms with Crippen LogP contribution in [0.2, 0.25) is 0 Å². The summed E-state index contributed by atoms with van der Waals surface area (Å²) in [5.74, 6) is -0.819. The number of rotatable bonds is 9. The molecule has 0 spiro atoms. The minimum absolute atomic E-state index is 0.0253. The molecule has 46 heavy (non-hydrogen) atoms. The van der Waals surface area contributed by atoms with Gasteiger partial charge in [-0.25, -0.2) is 13.8 Å². The fourth-order valence-electron chi connectivity index (χ4n) is 5.60. The first-order valence-electron chi connectivity index (χ1n) is 14.6. The van der Waals surface area contributed by atoms with E-state index in [9.17, 15) is 27.3 Å². The summed E-state index contributed by atoms with van der Waals surface area (Å²) in [6.45, 7) is 4.11. The van der Waals surface area contributed by atoms with Crippen LogP contribution in [0.3, 0.4) is 0 Å². The molecule has 2 saturated heterocycles. The van der Waals surface area contributed by atoms with Gasteiger partial charge in [0.2, 0.25) is 0 Å². The standard InChI is InChI=1S/C31H30ClF2N7O4S/c32-10-12-38-13-15-39(16-14-38)22-1-3-23(4-2-22)41-20-36-28-7-5-24(17-25(28)31(41)42)45-30-26(18-35)29(8-6-27(30)34)37-46(43,44)40-11-9-21(33)19-40/h1-8,17,20-21,37H,9-16,19H2/t21-/m1/s1. The molecule has 0 radical (unpaired) electrons. The van der Waals surface area contributed by atoms with Gasteiger partial charge in [-0.1, -0.05) is 0 Å². The number of nitriles is 1. The van der Waals surface area contributed by atoms with E-state index in [-0.39, 0.29) is 36.3 Å². The number of nitrogens with zero attached hydrogens (tertiary/aromatic N) is 6. The summed E-state index contributed by atoms with van der Waals surface area (Å²) in [6, 6.07) is 15.8. The van der Waals surface area contributed by atoms with Crippen molar-refractivity contribution in [1.29, 1.82) is 5.26 Å². The summed E-state index contributed by atoms with van der Waals surface area (Å²) in [7, 11) is -4.21. The molecular formula is C31H30ClF2N7O4S. The van der Waals surface area contributed by atoms with Crippen LogP contribution in [0.4, 0.5) is 20.2 Å². The van der Waals surface area contributed by atoms with E-state index in [0.717, 1.165) is 54.8 Å². The third-order valence-electron chi connectivity index (χ3n) is 8.11. The number of hydrogen-bond donors (Lipinski definition) is 1. The van der Waals surface area contributed by atoms with Crippen LogP contribution in [0.15, 0.2) is 65.7 Å². The van der Waals surface area contributed by atoms with Crippen molar-refractivity contribution in [3.05, 3.63) is 82.7 Å². The zero-order chi connectivity index (χ0) is 32.4. The van der Waals surface area contributed by atoms with E-state index in [1.807, 2.05) is 24.3 Å². The van der Waals surface area contributed by atoms with Gasteiger partial charge in [-0.2, -0.15) is 18.0 Å². The molecule has 2 aliphatic heterocycles. The summed E-state index contributed by atoms with van der Waals surface area (Å²) in [6.07, 6.45) is 0.194. The lowest BCUT2D eigenvalue weighted by Crippen LogP contribution is -2.46. The van der Waals surface area contributed by atoms with E-state index < -0.39 is 39.1 Å². The van der Waals surface area contributed by atoms with Crippen molar-refractivity contribution in [2.24, 2.45) is 0 Å². The van der Waals surface area contributed by atoms with Gasteiger partial charge in [-0.15, -0.1) is 11.6 Å². The number of piperazine rings is 1. The Kier molecular flexibility index (Phi) is 9.10. The zero-order valence-electron chi connectivity index (χ0n) is 24.6. The quantitative estimate of drug-likeness (QED) is 0.263. The van der Waals surface area contributed by atoms with Gasteiger partial charge in [0.15, 0.2) is 11.6 Å². The highest BCUT2D eigenvalue weighted by Crippen LogP contribution is 2.34. The number of aromatic nitrogens is 2. The highest BCUT2D eigenvalue weighted by atomic mass is 35.5. The first-order chi connectivity index (χ1) is 22.2. The molecule has 11 nitrogen and oxygen atoms in total. The number of anilines is 2. The van der Waals surface area contributed by atoms with Gasteiger partial charge in [-0.3, -0.25) is 19.0 Å². The number of alkyl halides is 2. The van der Waals surface area contributed by atoms with E-state index in [2.05, 4.69) is 19.5 Å². The Balaban J connectivity index is 1.25. The van der Waals surface area contributed by atoms with Crippen LogP contribution < -0.4 is 19.9 Å². The summed E-state index contributed by atoms with van der Waals surface area (Å²) < 4.78 is 64.5. The number of ether oxygens (including phenoxy) is 1. The largest absolute Gasteiger partial charge is 0.453 e. The van der Waals surface area contributed by atoms with Crippen molar-refractivity contribution in [1.82, 2.24) is 18.8 Å². The van der Waals surface area contributed by atoms with Crippen LogP contribution in [0.25, 0.3) is 16.6 Å². The molecule has 240 valence electrons. The van der Waals surface area contributed by atoms with Crippen LogP contribution in [0.1, 0.15) is 12.0 Å². The molecule has 6 rings (SSSR count). The molecule has 1 atom stereocenters. The smallest absolute Gasteiger partial charge is 0.301 e. The molecule has 0 amide bonds. The summed E-state index contributed by atoms with van der Waals surface area (Å²) >= 11 is 5.87. The number of halogens is 3. The average molecular weight is 670 g/mol. The van der Waals surface area contributed by atoms with E-state index in [4.69, 9.17) is 16.3 Å². The highest BCUT2D eigenvalue weighted by molar-refractivity contribution is 7.90. The predicted octanol–water partition coefficient (Wildman–Crippen LogP) is 4.25. The Morgan fingerprint density at radius 1 is 1.04 bits per heavy atom. The van der Waals surface area contributed by atoms with Gasteiger partial charge in [0.1, 0.15) is 29.9 Å². The maximum absolute atomic E-state index is 15.0. The Morgan fingerprint density at radius 2 is 1.78 bits per heavy atom. The minimum atomic E-state index is -4.21. The Labute approximate surface area is 269 Å². The van der Waals surface area contributed by atoms with Crippen LogP contribution in [0.5, 0.6) is 11.5 Å². The van der Waals surface area contributed by atoms with Gasteiger partial charge >= 0.3 is 10.2 Å². The Morgan fingerprint density at radius 3 is 2.46 bits per heavy atom. The SMILES string of the molecule is N#Cc1c(NS(=O)(=O)N2CC[C@@H](F)C2)ccc(F)c1Oc1ccc2ncn(-c3ccc(N4CCN(CCCl)CC4)cc3)c(=O)c2c1. The average Bonchev–Trinajstić information content (AvgIpc) is 3.51. The third kappa shape index (κ3) is 6.50. The summed E-state index contributed by atoms with van der Waals surface area (Å²) in [5, 5.41) is 10.0. The van der Waals surface area contributed by atoms with E-state index >= 15 is 0 Å². The van der Waals surface area contributed by atoms with Crippen LogP contribution in [0, 0.1) is 17.1 Å². The summed E-state index contributed by atoms with van der Waals surface area (Å²) in [4.78, 5) is 22.6. The normalized spacial score (nSPS) is 17.7. The first kappa shape index (κ1) is 31.7. The topological polar surface area (TPSA) is 124 Å². The lowest BCUT2D eigenvalue weighted by atomic mass is 10.1. The van der Waals surface area contributed by atoms with E-state index in [0.29, 0.717) is 17.1 Å². The molecular weight excluding hydrogens is 640 g/mol. The molecule has 0 saturated carbocycles. The summed E-state index contributed by atoms with van der Waals surface area (Å²) in [5.41, 5.74) is 0.982. The second kappa shape index (κ2) is 13.2. The van der Waals surface area contributed by atoms with Crippen LogP contribution in [-0.4, -0.2) is 85.0 Å². The molecule has 2 aliphatic rings. The molecule has 15 heteroatoms. The van der Waals surface area contributed by atoms with Gasteiger partial charge < -0.3 is 9.64 Å². The molecule has 1 N–H and O–H groups in total. The molecule has 3 aromatic carbocycles. The van der Waals surface area contributed by atoms with Crippen molar-refractivity contribution in [3.8, 4) is 23.3 Å². The van der Waals surface area contributed by atoms with Gasteiger partial charge in [-0.05, 0) is 61.0 Å². The fourth-order valence-corrected chi connectivity index (χ4v) is 7.12. The van der Waals surface area contributed by atoms with Gasteiger partial charge in [0, 0.05) is 57.4 Å². The maximum Gasteiger partial charge on any atom is 0.301 e. The monoisotopic (exact) mass is 669 g/mol. The second-order valence-electron chi connectivity index (χ2n) is 11.0. The van der Waals surface area contributed by atoms with E-state index in [1.165, 1.54) is 29.1 Å². The molecule has 2 fully saturated rings. The van der Waals surface area contributed by atoms with Crippen molar-refractivity contribution >= 4 is 44.1 Å². The van der Waals surface area contributed by atoms with Crippen LogP contribution >= 0.6 is 11.6 Å². The van der Waals surface area contributed by atoms with Crippen molar-refractivity contribution in [2.45, 2.75) is 12.6 Å². The molecule has 4 aromatic rings. The second-order valence-corrected chi connectivity index (χ2v) is 13.0. The molecule has 1 aromatic heterocycles. The Hall–Kier alpha value is -4.29. The first-order valence-corrected chi connectivity index (χ1v) is 16.6. The molecule has 0 bridgehead atoms. The Bertz CT molecular complexity index is 1960. The van der Waals surface area contributed by atoms with Crippen molar-refractivity contribution < 1.29 is 21.9 Å². The fraction of sp³-hybridized carbons (Fsp3) is 0.323. The van der Waals surface area contributed by atoms with Gasteiger partial charge in [0.05, 0.1) is 22.3 Å². The van der Waals surface area contributed by atoms with E-state index in [1.54, 1.807) is 6.07 Å². The lowest BCUT2D eigenvalue weighted by Gasteiger charge is -2.35. The van der Waals surface area contributed by atoms with Crippen LogP contribution in [-0.2, 0) is 10.2 Å². The number of benzene rings is 3. The minimum Gasteiger partial charge on any atom is -0.453 e. The highest BCUT2D eigenvalue weighted by Gasteiger charge is 2.32. The maximum atomic E-state index is 15.0. The molecule has 3 heterocycles. The van der Waals surface area contributed by atoms with Crippen molar-refractivity contribution in [2.75, 3.05) is 61.3 Å². The van der Waals surface area contributed by atoms with Gasteiger partial charge in [0.25, 0.3) is 5.56 Å². The number of hydrogen-bond acceptors (Lipinski definition) is 8. The number of fused-ring (bicyclic) bond motifs is 1. The lowest BCUT2D eigenvalue weighted by molar-refractivity contribution is 0.272. The molecule has 0 aliphatic carbocycles. The predicted molar refractivity (Wildman–Crippen MR) is 172 cm³/mol. The number of nitrogens with one attached hydrogen (secondary N) is 1.